The van der Waals surface area contributed by atoms with Crippen LogP contribution in [0.15, 0.2) is 18.2 Å². The van der Waals surface area contributed by atoms with Crippen molar-refractivity contribution in [1.82, 2.24) is 9.80 Å². The third kappa shape index (κ3) is 3.78. The van der Waals surface area contributed by atoms with Crippen molar-refractivity contribution >= 4 is 11.8 Å². The Morgan fingerprint density at radius 3 is 2.12 bits per heavy atom. The molecule has 2 heterocycles. The molecule has 2 aliphatic heterocycles. The minimum atomic E-state index is -0.602. The summed E-state index contributed by atoms with van der Waals surface area (Å²) in [6.07, 6.45) is 1.45. The van der Waals surface area contributed by atoms with E-state index in [4.69, 9.17) is 0 Å². The Labute approximate surface area is 156 Å². The van der Waals surface area contributed by atoms with Gasteiger partial charge in [0.2, 0.25) is 5.91 Å². The van der Waals surface area contributed by atoms with Crippen LogP contribution in [0.4, 0.5) is 0 Å². The third-order valence-electron chi connectivity index (χ3n) is 5.69. The van der Waals surface area contributed by atoms with E-state index in [1.165, 1.54) is 0 Å². The highest BCUT2D eigenvalue weighted by Crippen LogP contribution is 2.32. The number of aryl methyl sites for hydroxylation is 2. The van der Waals surface area contributed by atoms with E-state index < -0.39 is 6.10 Å². The minimum absolute atomic E-state index is 0.00148. The molecule has 2 bridgehead atoms. The number of hydrogen-bond donors (Lipinski definition) is 1. The van der Waals surface area contributed by atoms with Crippen molar-refractivity contribution in [2.75, 3.05) is 13.1 Å². The molecule has 0 saturated carbocycles. The Morgan fingerprint density at radius 2 is 1.62 bits per heavy atom. The van der Waals surface area contributed by atoms with Gasteiger partial charge in [-0.2, -0.15) is 0 Å². The van der Waals surface area contributed by atoms with Crippen LogP contribution in [-0.4, -0.2) is 58.0 Å². The highest BCUT2D eigenvalue weighted by Gasteiger charge is 2.44. The van der Waals surface area contributed by atoms with Crippen molar-refractivity contribution < 1.29 is 14.7 Å². The summed E-state index contributed by atoms with van der Waals surface area (Å²) in [6.45, 7) is 9.02. The Bertz CT molecular complexity index is 666. The molecule has 1 N–H and O–H groups in total. The maximum Gasteiger partial charge on any atom is 0.254 e. The summed E-state index contributed by atoms with van der Waals surface area (Å²) in [5.74, 6) is 0.156. The normalized spacial score (nSPS) is 23.5. The Kier molecular flexibility index (Phi) is 5.37. The fourth-order valence-corrected chi connectivity index (χ4v) is 4.23. The van der Waals surface area contributed by atoms with E-state index >= 15 is 0 Å². The summed E-state index contributed by atoms with van der Waals surface area (Å²) < 4.78 is 0. The minimum Gasteiger partial charge on any atom is -0.392 e. The summed E-state index contributed by atoms with van der Waals surface area (Å²) >= 11 is 0. The van der Waals surface area contributed by atoms with E-state index in [1.807, 2.05) is 49.6 Å². The number of nitrogens with zero attached hydrogens (tertiary/aromatic N) is 2. The predicted molar refractivity (Wildman–Crippen MR) is 101 cm³/mol. The van der Waals surface area contributed by atoms with Gasteiger partial charge in [-0.3, -0.25) is 9.59 Å². The monoisotopic (exact) mass is 358 g/mol. The second-order valence-electron chi connectivity index (χ2n) is 8.29. The Morgan fingerprint density at radius 1 is 1.08 bits per heavy atom. The molecule has 3 atom stereocenters. The van der Waals surface area contributed by atoms with Crippen molar-refractivity contribution in [3.63, 3.8) is 0 Å². The fraction of sp³-hybridized carbons (Fsp3) is 0.619. The number of aliphatic hydroxyl groups is 1. The lowest BCUT2D eigenvalue weighted by molar-refractivity contribution is -0.136. The van der Waals surface area contributed by atoms with Crippen molar-refractivity contribution in [3.8, 4) is 0 Å². The smallest absolute Gasteiger partial charge is 0.254 e. The first kappa shape index (κ1) is 18.9. The molecule has 0 spiro atoms. The molecule has 2 saturated heterocycles. The number of fused-ring (bicyclic) bond motifs is 2. The predicted octanol–water partition coefficient (Wildman–Crippen LogP) is 2.53. The van der Waals surface area contributed by atoms with Crippen molar-refractivity contribution in [3.05, 3.63) is 34.9 Å². The molecule has 0 aliphatic carbocycles. The highest BCUT2D eigenvalue weighted by atomic mass is 16.3. The van der Waals surface area contributed by atoms with Gasteiger partial charge in [-0.05, 0) is 44.7 Å². The third-order valence-corrected chi connectivity index (χ3v) is 5.69. The van der Waals surface area contributed by atoms with Crippen molar-refractivity contribution in [2.45, 2.75) is 65.1 Å². The number of rotatable bonds is 4. The van der Waals surface area contributed by atoms with Gasteiger partial charge in [0.1, 0.15) is 0 Å². The quantitative estimate of drug-likeness (QED) is 0.900. The van der Waals surface area contributed by atoms with Gasteiger partial charge in [-0.1, -0.05) is 31.0 Å². The van der Waals surface area contributed by atoms with Gasteiger partial charge in [0.05, 0.1) is 24.6 Å². The molecular formula is C21H30N2O3. The fourth-order valence-electron chi connectivity index (χ4n) is 4.23. The molecular weight excluding hydrogens is 328 g/mol. The average molecular weight is 358 g/mol. The first-order valence-corrected chi connectivity index (χ1v) is 9.63. The van der Waals surface area contributed by atoms with E-state index in [1.54, 1.807) is 0 Å². The number of aliphatic hydroxyl groups excluding tert-OH is 1. The molecule has 0 aromatic heterocycles. The zero-order valence-electron chi connectivity index (χ0n) is 16.2. The van der Waals surface area contributed by atoms with Gasteiger partial charge < -0.3 is 14.9 Å². The number of piperazine rings is 1. The molecule has 0 radical (unpaired) electrons. The van der Waals surface area contributed by atoms with Crippen LogP contribution in [0, 0.1) is 19.8 Å². The standard InChI is InChI=1S/C21H30N2O3/c1-13(2)19(24)10-20(25)22-11-17-5-6-18(12-22)23(17)21(26)16-8-14(3)7-15(4)9-16/h7-9,13,17-19,24H,5-6,10-12H2,1-4H3. The molecule has 2 fully saturated rings. The van der Waals surface area contributed by atoms with Gasteiger partial charge in [-0.15, -0.1) is 0 Å². The van der Waals surface area contributed by atoms with Gasteiger partial charge in [0, 0.05) is 18.7 Å². The zero-order chi connectivity index (χ0) is 19.0. The summed E-state index contributed by atoms with van der Waals surface area (Å²) in [7, 11) is 0. The first-order valence-electron chi connectivity index (χ1n) is 9.63. The van der Waals surface area contributed by atoms with E-state index in [-0.39, 0.29) is 36.2 Å². The van der Waals surface area contributed by atoms with Crippen LogP contribution in [0.1, 0.15) is 54.6 Å². The second-order valence-corrected chi connectivity index (χ2v) is 8.29. The highest BCUT2D eigenvalue weighted by molar-refractivity contribution is 5.95. The maximum atomic E-state index is 13.1. The van der Waals surface area contributed by atoms with E-state index in [9.17, 15) is 14.7 Å². The van der Waals surface area contributed by atoms with Crippen LogP contribution in [0.25, 0.3) is 0 Å². The first-order chi connectivity index (χ1) is 12.3. The summed E-state index contributed by atoms with van der Waals surface area (Å²) in [4.78, 5) is 29.5. The lowest BCUT2D eigenvalue weighted by Crippen LogP contribution is -2.57. The van der Waals surface area contributed by atoms with Gasteiger partial charge in [-0.25, -0.2) is 0 Å². The molecule has 3 unspecified atom stereocenters. The second kappa shape index (κ2) is 7.39. The summed E-state index contributed by atoms with van der Waals surface area (Å²) in [5.41, 5.74) is 2.93. The molecule has 1 aromatic carbocycles. The van der Waals surface area contributed by atoms with E-state index in [0.29, 0.717) is 13.1 Å². The Balaban J connectivity index is 1.70. The molecule has 2 aliphatic rings. The number of hydrogen-bond acceptors (Lipinski definition) is 3. The largest absolute Gasteiger partial charge is 0.392 e. The Hall–Kier alpha value is -1.88. The van der Waals surface area contributed by atoms with Crippen molar-refractivity contribution in [1.29, 1.82) is 0 Å². The zero-order valence-corrected chi connectivity index (χ0v) is 16.2. The van der Waals surface area contributed by atoms with E-state index in [2.05, 4.69) is 6.07 Å². The van der Waals surface area contributed by atoms with Crippen LogP contribution < -0.4 is 0 Å². The molecule has 26 heavy (non-hydrogen) atoms. The van der Waals surface area contributed by atoms with Gasteiger partial charge >= 0.3 is 0 Å². The summed E-state index contributed by atoms with van der Waals surface area (Å²) in [6, 6.07) is 6.14. The number of benzene rings is 1. The molecule has 1 aromatic rings. The topological polar surface area (TPSA) is 60.9 Å². The van der Waals surface area contributed by atoms with Crippen LogP contribution in [0.2, 0.25) is 0 Å². The molecule has 2 amide bonds. The molecule has 142 valence electrons. The van der Waals surface area contributed by atoms with Gasteiger partial charge in [0.15, 0.2) is 0 Å². The number of likely N-dealkylation sites (tertiary alicyclic amines) is 1. The van der Waals surface area contributed by atoms with Crippen molar-refractivity contribution in [2.24, 2.45) is 5.92 Å². The lowest BCUT2D eigenvalue weighted by atomic mass is 10.0. The number of carbonyl (C=O) groups is 2. The van der Waals surface area contributed by atoms with E-state index in [0.717, 1.165) is 29.5 Å². The number of carbonyl (C=O) groups excluding carboxylic acids is 2. The van der Waals surface area contributed by atoms with Crippen LogP contribution in [-0.2, 0) is 4.79 Å². The number of amides is 2. The average Bonchev–Trinajstić information content (AvgIpc) is 2.82. The van der Waals surface area contributed by atoms with Crippen LogP contribution in [0.5, 0.6) is 0 Å². The maximum absolute atomic E-state index is 13.1. The van der Waals surface area contributed by atoms with Gasteiger partial charge in [0.25, 0.3) is 5.91 Å². The SMILES string of the molecule is Cc1cc(C)cc(C(=O)N2C3CCC2CN(C(=O)CC(O)C(C)C)C3)c1. The molecule has 3 rings (SSSR count). The van der Waals surface area contributed by atoms with Crippen LogP contribution in [0.3, 0.4) is 0 Å². The summed E-state index contributed by atoms with van der Waals surface area (Å²) in [5, 5.41) is 10.0. The lowest BCUT2D eigenvalue weighted by Gasteiger charge is -2.41. The van der Waals surface area contributed by atoms with Crippen LogP contribution >= 0.6 is 0 Å². The molecule has 5 heteroatoms. The molecule has 5 nitrogen and oxygen atoms in total.